The molecule has 1 atom stereocenters. The molecule has 6 nitrogen and oxygen atoms in total. The molecule has 1 unspecified atom stereocenters. The molecular formula is C26H20FNO5. The van der Waals surface area contributed by atoms with Gasteiger partial charge in [0.25, 0.3) is 5.91 Å². The summed E-state index contributed by atoms with van der Waals surface area (Å²) in [5.74, 6) is -0.203. The molecule has 0 aliphatic carbocycles. The number of hydrogen-bond acceptors (Lipinski definition) is 5. The van der Waals surface area contributed by atoms with Crippen LogP contribution in [0.1, 0.15) is 23.1 Å². The second-order valence-corrected chi connectivity index (χ2v) is 7.99. The van der Waals surface area contributed by atoms with E-state index < -0.39 is 29.5 Å². The molecule has 0 radical (unpaired) electrons. The number of rotatable bonds is 6. The number of amides is 1. The van der Waals surface area contributed by atoms with E-state index in [2.05, 4.69) is 0 Å². The van der Waals surface area contributed by atoms with Gasteiger partial charge in [-0.15, -0.1) is 0 Å². The Morgan fingerprint density at radius 2 is 1.88 bits per heavy atom. The Labute approximate surface area is 189 Å². The molecule has 3 aromatic rings. The van der Waals surface area contributed by atoms with Crippen molar-refractivity contribution < 1.29 is 28.6 Å². The van der Waals surface area contributed by atoms with Gasteiger partial charge in [0.15, 0.2) is 22.9 Å². The van der Waals surface area contributed by atoms with Gasteiger partial charge in [-0.1, -0.05) is 42.5 Å². The second-order valence-electron chi connectivity index (χ2n) is 7.99. The van der Waals surface area contributed by atoms with Crippen LogP contribution in [0.25, 0.3) is 6.08 Å². The van der Waals surface area contributed by atoms with Crippen LogP contribution in [0.4, 0.5) is 10.1 Å². The van der Waals surface area contributed by atoms with Crippen LogP contribution < -0.4 is 14.4 Å². The van der Waals surface area contributed by atoms with E-state index in [4.69, 9.17) is 9.47 Å². The summed E-state index contributed by atoms with van der Waals surface area (Å²) in [6.07, 6.45) is 2.52. The van der Waals surface area contributed by atoms with Crippen molar-refractivity contribution in [1.82, 2.24) is 0 Å². The van der Waals surface area contributed by atoms with E-state index in [-0.39, 0.29) is 13.3 Å². The van der Waals surface area contributed by atoms with E-state index in [1.54, 1.807) is 60.7 Å². The number of ether oxygens (including phenoxy) is 2. The maximum atomic E-state index is 13.6. The van der Waals surface area contributed by atoms with Crippen molar-refractivity contribution in [2.45, 2.75) is 18.6 Å². The van der Waals surface area contributed by atoms with Crippen LogP contribution >= 0.6 is 0 Å². The van der Waals surface area contributed by atoms with Crippen molar-refractivity contribution in [2.24, 2.45) is 0 Å². The monoisotopic (exact) mass is 445 g/mol. The van der Waals surface area contributed by atoms with Crippen LogP contribution in [-0.2, 0) is 21.7 Å². The molecule has 0 spiro atoms. The zero-order chi connectivity index (χ0) is 23.0. The number of para-hydroxylation sites is 1. The minimum absolute atomic E-state index is 0.0805. The second kappa shape index (κ2) is 8.18. The minimum atomic E-state index is -2.00. The first-order chi connectivity index (χ1) is 15.9. The van der Waals surface area contributed by atoms with Crippen LogP contribution in [0, 0.1) is 5.82 Å². The third-order valence-electron chi connectivity index (χ3n) is 5.76. The molecule has 1 amide bonds. The normalized spacial score (nSPS) is 18.7. The lowest BCUT2D eigenvalue weighted by Crippen LogP contribution is -2.41. The van der Waals surface area contributed by atoms with Gasteiger partial charge in [0.2, 0.25) is 6.79 Å². The van der Waals surface area contributed by atoms with E-state index in [0.717, 1.165) is 5.56 Å². The molecule has 166 valence electrons. The molecule has 2 heterocycles. The molecule has 0 fully saturated rings. The first kappa shape index (κ1) is 20.9. The van der Waals surface area contributed by atoms with Gasteiger partial charge in [-0.05, 0) is 47.5 Å². The summed E-state index contributed by atoms with van der Waals surface area (Å²) >= 11 is 0. The van der Waals surface area contributed by atoms with Crippen LogP contribution in [0.2, 0.25) is 0 Å². The van der Waals surface area contributed by atoms with Crippen LogP contribution in [-0.4, -0.2) is 23.6 Å². The summed E-state index contributed by atoms with van der Waals surface area (Å²) in [6, 6.07) is 18.0. The largest absolute Gasteiger partial charge is 0.454 e. The van der Waals surface area contributed by atoms with Gasteiger partial charge < -0.3 is 19.5 Å². The first-order valence-electron chi connectivity index (χ1n) is 10.4. The van der Waals surface area contributed by atoms with Gasteiger partial charge in [0.1, 0.15) is 5.82 Å². The Bertz CT molecular complexity index is 1290. The third-order valence-corrected chi connectivity index (χ3v) is 5.76. The van der Waals surface area contributed by atoms with Gasteiger partial charge in [0, 0.05) is 5.56 Å². The topological polar surface area (TPSA) is 76.1 Å². The average molecular weight is 445 g/mol. The lowest BCUT2D eigenvalue weighted by molar-refractivity contribution is -0.140. The number of anilines is 1. The molecule has 7 heteroatoms. The molecule has 0 bridgehead atoms. The Hall–Kier alpha value is -3.97. The van der Waals surface area contributed by atoms with Crippen molar-refractivity contribution in [2.75, 3.05) is 11.7 Å². The molecule has 0 aromatic heterocycles. The lowest BCUT2D eigenvalue weighted by Gasteiger charge is -2.22. The summed E-state index contributed by atoms with van der Waals surface area (Å²) in [4.78, 5) is 27.4. The van der Waals surface area contributed by atoms with E-state index in [1.807, 2.05) is 0 Å². The standard InChI is InChI=1S/C26H20FNO5/c27-19-5-3-4-18(12-19)15-28-22-7-2-1-6-21(22)26(31,25(28)30)14-20(29)10-8-17-9-11-23-24(13-17)33-16-32-23/h1-13,31H,14-16H2. The van der Waals surface area contributed by atoms with Crippen molar-refractivity contribution in [3.63, 3.8) is 0 Å². The fraction of sp³-hybridized carbons (Fsp3) is 0.154. The fourth-order valence-corrected chi connectivity index (χ4v) is 4.17. The predicted molar refractivity (Wildman–Crippen MR) is 119 cm³/mol. The van der Waals surface area contributed by atoms with Crippen molar-refractivity contribution in [1.29, 1.82) is 0 Å². The molecule has 0 saturated heterocycles. The zero-order valence-electron chi connectivity index (χ0n) is 17.5. The van der Waals surface area contributed by atoms with Gasteiger partial charge in [-0.2, -0.15) is 0 Å². The quantitative estimate of drug-likeness (QED) is 0.582. The van der Waals surface area contributed by atoms with E-state index in [0.29, 0.717) is 28.3 Å². The van der Waals surface area contributed by atoms with Gasteiger partial charge in [-0.25, -0.2) is 4.39 Å². The highest BCUT2D eigenvalue weighted by atomic mass is 19.1. The number of hydrogen-bond donors (Lipinski definition) is 1. The molecule has 33 heavy (non-hydrogen) atoms. The number of carbonyl (C=O) groups excluding carboxylic acids is 2. The number of ketones is 1. The Kier molecular flexibility index (Phi) is 5.18. The highest BCUT2D eigenvalue weighted by molar-refractivity contribution is 6.10. The van der Waals surface area contributed by atoms with Gasteiger partial charge in [0.05, 0.1) is 18.7 Å². The molecule has 5 rings (SSSR count). The van der Waals surface area contributed by atoms with Crippen LogP contribution in [0.5, 0.6) is 11.5 Å². The molecule has 1 N–H and O–H groups in total. The Balaban J connectivity index is 1.38. The summed E-state index contributed by atoms with van der Waals surface area (Å²) in [7, 11) is 0. The summed E-state index contributed by atoms with van der Waals surface area (Å²) in [6.45, 7) is 0.235. The SMILES string of the molecule is O=C(C=Cc1ccc2c(c1)OCO2)CC1(O)C(=O)N(Cc2cccc(F)c2)c2ccccc21. The Morgan fingerprint density at radius 3 is 2.73 bits per heavy atom. The fourth-order valence-electron chi connectivity index (χ4n) is 4.17. The minimum Gasteiger partial charge on any atom is -0.454 e. The van der Waals surface area contributed by atoms with Crippen molar-refractivity contribution >= 4 is 23.5 Å². The summed E-state index contributed by atoms with van der Waals surface area (Å²) in [5.41, 5.74) is 0.167. The predicted octanol–water partition coefficient (Wildman–Crippen LogP) is 3.96. The number of aliphatic hydroxyl groups is 1. The number of halogens is 1. The van der Waals surface area contributed by atoms with Gasteiger partial charge >= 0.3 is 0 Å². The molecule has 2 aliphatic heterocycles. The number of nitrogens with zero attached hydrogens (tertiary/aromatic N) is 1. The smallest absolute Gasteiger partial charge is 0.264 e. The first-order valence-corrected chi connectivity index (χ1v) is 10.4. The molecule has 3 aromatic carbocycles. The number of fused-ring (bicyclic) bond motifs is 2. The molecule has 0 saturated carbocycles. The average Bonchev–Trinajstić information content (AvgIpc) is 3.35. The number of carbonyl (C=O) groups is 2. The molecular weight excluding hydrogens is 425 g/mol. The van der Waals surface area contributed by atoms with E-state index in [9.17, 15) is 19.1 Å². The highest BCUT2D eigenvalue weighted by Crippen LogP contribution is 2.43. The lowest BCUT2D eigenvalue weighted by atomic mass is 9.89. The highest BCUT2D eigenvalue weighted by Gasteiger charge is 2.50. The summed E-state index contributed by atoms with van der Waals surface area (Å²) < 4.78 is 24.2. The maximum Gasteiger partial charge on any atom is 0.264 e. The van der Waals surface area contributed by atoms with Gasteiger partial charge in [-0.3, -0.25) is 9.59 Å². The summed E-state index contributed by atoms with van der Waals surface area (Å²) in [5, 5.41) is 11.4. The van der Waals surface area contributed by atoms with Crippen molar-refractivity contribution in [3.8, 4) is 11.5 Å². The number of benzene rings is 3. The van der Waals surface area contributed by atoms with E-state index in [1.165, 1.54) is 23.1 Å². The zero-order valence-corrected chi connectivity index (χ0v) is 17.5. The van der Waals surface area contributed by atoms with Crippen LogP contribution in [0.3, 0.4) is 0 Å². The van der Waals surface area contributed by atoms with Crippen molar-refractivity contribution in [3.05, 3.63) is 95.3 Å². The number of allylic oxidation sites excluding steroid dienone is 1. The molecule has 2 aliphatic rings. The van der Waals surface area contributed by atoms with E-state index >= 15 is 0 Å². The third kappa shape index (κ3) is 3.87. The maximum absolute atomic E-state index is 13.6. The Morgan fingerprint density at radius 1 is 1.06 bits per heavy atom. The van der Waals surface area contributed by atoms with Crippen LogP contribution in [0.15, 0.2) is 72.8 Å².